The van der Waals surface area contributed by atoms with Gasteiger partial charge in [0.1, 0.15) is 5.82 Å². The molecule has 0 saturated heterocycles. The first-order chi connectivity index (χ1) is 11.2. The van der Waals surface area contributed by atoms with Gasteiger partial charge in [0.15, 0.2) is 5.96 Å². The van der Waals surface area contributed by atoms with Crippen LogP contribution in [0.3, 0.4) is 0 Å². The Kier molecular flexibility index (Phi) is 9.44. The molecule has 0 aliphatic heterocycles. The number of rotatable bonds is 7. The minimum Gasteiger partial charge on any atom is -0.356 e. The van der Waals surface area contributed by atoms with Crippen molar-refractivity contribution in [2.45, 2.75) is 39.8 Å². The van der Waals surface area contributed by atoms with E-state index in [0.717, 1.165) is 37.8 Å². The van der Waals surface area contributed by atoms with E-state index in [1.165, 1.54) is 17.5 Å². The molecule has 2 N–H and O–H groups in total. The number of nitrogens with zero attached hydrogens (tertiary/aromatic N) is 3. The highest BCUT2D eigenvalue weighted by atomic mass is 127. The molecule has 0 aliphatic rings. The average Bonchev–Trinajstić information content (AvgIpc) is 2.96. The molecule has 0 radical (unpaired) electrons. The third-order valence-electron chi connectivity index (χ3n) is 3.77. The van der Waals surface area contributed by atoms with Crippen LogP contribution in [0.1, 0.15) is 36.7 Å². The van der Waals surface area contributed by atoms with E-state index in [0.29, 0.717) is 0 Å². The Morgan fingerprint density at radius 3 is 2.71 bits per heavy atom. The third kappa shape index (κ3) is 6.51. The van der Waals surface area contributed by atoms with Gasteiger partial charge in [0, 0.05) is 39.1 Å². The summed E-state index contributed by atoms with van der Waals surface area (Å²) < 4.78 is 2.15. The van der Waals surface area contributed by atoms with E-state index in [1.807, 2.05) is 19.3 Å². The summed E-state index contributed by atoms with van der Waals surface area (Å²) >= 11 is 0. The molecular formula is C18H28IN5. The number of aromatic nitrogens is 2. The second kappa shape index (κ2) is 11.1. The van der Waals surface area contributed by atoms with Gasteiger partial charge in [-0.15, -0.1) is 24.0 Å². The molecule has 0 saturated carbocycles. The topological polar surface area (TPSA) is 54.2 Å². The highest BCUT2D eigenvalue weighted by molar-refractivity contribution is 14.0. The molecule has 0 bridgehead atoms. The lowest BCUT2D eigenvalue weighted by atomic mass is 10.1. The van der Waals surface area contributed by atoms with Gasteiger partial charge in [-0.1, -0.05) is 37.6 Å². The summed E-state index contributed by atoms with van der Waals surface area (Å²) in [5, 5.41) is 6.69. The van der Waals surface area contributed by atoms with Crippen LogP contribution in [0.15, 0.2) is 41.7 Å². The van der Waals surface area contributed by atoms with Crippen LogP contribution in [0.25, 0.3) is 0 Å². The van der Waals surface area contributed by atoms with E-state index in [9.17, 15) is 0 Å². The Balaban J connectivity index is 0.00000288. The number of benzene rings is 1. The fourth-order valence-electron chi connectivity index (χ4n) is 2.40. The normalized spacial score (nSPS) is 11.0. The van der Waals surface area contributed by atoms with Gasteiger partial charge in [-0.2, -0.15) is 0 Å². The summed E-state index contributed by atoms with van der Waals surface area (Å²) in [6, 6.07) is 8.62. The van der Waals surface area contributed by atoms with Crippen LogP contribution in [0.5, 0.6) is 0 Å². The molecule has 2 rings (SSSR count). The lowest BCUT2D eigenvalue weighted by Gasteiger charge is -2.12. The van der Waals surface area contributed by atoms with Crippen LogP contribution in [0, 0.1) is 6.92 Å². The molecule has 24 heavy (non-hydrogen) atoms. The second-order valence-electron chi connectivity index (χ2n) is 5.63. The summed E-state index contributed by atoms with van der Waals surface area (Å²) in [4.78, 5) is 8.52. The van der Waals surface area contributed by atoms with Crippen LogP contribution < -0.4 is 10.6 Å². The first-order valence-electron chi connectivity index (χ1n) is 8.23. The highest BCUT2D eigenvalue weighted by Crippen LogP contribution is 2.08. The first kappa shape index (κ1) is 20.5. The van der Waals surface area contributed by atoms with Crippen molar-refractivity contribution in [3.05, 3.63) is 53.6 Å². The van der Waals surface area contributed by atoms with Crippen LogP contribution in [-0.4, -0.2) is 29.1 Å². The van der Waals surface area contributed by atoms with Gasteiger partial charge >= 0.3 is 0 Å². The molecule has 1 aromatic heterocycles. The molecule has 0 spiro atoms. The fraction of sp³-hybridized carbons (Fsp3) is 0.444. The summed E-state index contributed by atoms with van der Waals surface area (Å²) in [6.07, 6.45) is 6.19. The number of hydrogen-bond donors (Lipinski definition) is 2. The summed E-state index contributed by atoms with van der Waals surface area (Å²) in [5.41, 5.74) is 2.53. The maximum atomic E-state index is 4.27. The Morgan fingerprint density at radius 2 is 2.04 bits per heavy atom. The Labute approximate surface area is 162 Å². The number of aryl methyl sites for hydroxylation is 1. The summed E-state index contributed by atoms with van der Waals surface area (Å²) in [5.74, 6) is 1.89. The first-order valence-corrected chi connectivity index (χ1v) is 8.23. The molecule has 0 aliphatic carbocycles. The van der Waals surface area contributed by atoms with Crippen molar-refractivity contribution in [3.63, 3.8) is 0 Å². The maximum Gasteiger partial charge on any atom is 0.191 e. The van der Waals surface area contributed by atoms with Gasteiger partial charge in [-0.05, 0) is 24.5 Å². The van der Waals surface area contributed by atoms with Crippen LogP contribution in [0.4, 0.5) is 0 Å². The molecule has 0 amide bonds. The number of halogens is 1. The molecule has 0 atom stereocenters. The monoisotopic (exact) mass is 441 g/mol. The Hall–Kier alpha value is -1.57. The van der Waals surface area contributed by atoms with Gasteiger partial charge in [0.25, 0.3) is 0 Å². The molecule has 132 valence electrons. The van der Waals surface area contributed by atoms with Gasteiger partial charge in [-0.3, -0.25) is 4.99 Å². The van der Waals surface area contributed by atoms with E-state index in [4.69, 9.17) is 0 Å². The third-order valence-corrected chi connectivity index (χ3v) is 3.77. The lowest BCUT2D eigenvalue weighted by molar-refractivity contribution is 0.727. The maximum absolute atomic E-state index is 4.27. The molecule has 5 nitrogen and oxygen atoms in total. The number of aliphatic imine (C=N–C) groups is 1. The highest BCUT2D eigenvalue weighted by Gasteiger charge is 2.02. The quantitative estimate of drug-likeness (QED) is 0.300. The standard InChI is InChI=1S/C18H27N5.HI/c1-4-5-9-21-18(19-3)22-13-16-7-6-8-17(12-16)14-23-11-10-20-15(23)2;/h6-8,10-12H,4-5,9,13-14H2,1-3H3,(H2,19,21,22);1H. The van der Waals surface area contributed by atoms with Crippen molar-refractivity contribution in [1.82, 2.24) is 20.2 Å². The van der Waals surface area contributed by atoms with Crippen molar-refractivity contribution >= 4 is 29.9 Å². The molecular weight excluding hydrogens is 413 g/mol. The largest absolute Gasteiger partial charge is 0.356 e. The minimum absolute atomic E-state index is 0. The van der Waals surface area contributed by atoms with Gasteiger partial charge < -0.3 is 15.2 Å². The Morgan fingerprint density at radius 1 is 1.25 bits per heavy atom. The van der Waals surface area contributed by atoms with Gasteiger partial charge in [0.05, 0.1) is 0 Å². The predicted octanol–water partition coefficient (Wildman–Crippen LogP) is 3.32. The number of unbranched alkanes of at least 4 members (excludes halogenated alkanes) is 1. The van der Waals surface area contributed by atoms with Gasteiger partial charge in [0.2, 0.25) is 0 Å². The van der Waals surface area contributed by atoms with E-state index in [2.05, 4.69) is 56.4 Å². The zero-order valence-corrected chi connectivity index (χ0v) is 17.1. The molecule has 2 aromatic rings. The molecule has 6 heteroatoms. The van der Waals surface area contributed by atoms with Crippen LogP contribution >= 0.6 is 24.0 Å². The summed E-state index contributed by atoms with van der Waals surface area (Å²) in [7, 11) is 1.81. The van der Waals surface area contributed by atoms with Crippen molar-refractivity contribution in [2.75, 3.05) is 13.6 Å². The molecule has 0 fully saturated rings. The number of guanidine groups is 1. The van der Waals surface area contributed by atoms with Crippen molar-refractivity contribution in [2.24, 2.45) is 4.99 Å². The van der Waals surface area contributed by atoms with E-state index in [1.54, 1.807) is 7.05 Å². The van der Waals surface area contributed by atoms with E-state index in [-0.39, 0.29) is 24.0 Å². The SMILES string of the molecule is CCCCNC(=NC)NCc1cccc(Cn2ccnc2C)c1.I. The smallest absolute Gasteiger partial charge is 0.191 e. The zero-order valence-electron chi connectivity index (χ0n) is 14.7. The van der Waals surface area contributed by atoms with Crippen LogP contribution in [0.2, 0.25) is 0 Å². The second-order valence-corrected chi connectivity index (χ2v) is 5.63. The summed E-state index contributed by atoms with van der Waals surface area (Å²) in [6.45, 7) is 6.78. The lowest BCUT2D eigenvalue weighted by Crippen LogP contribution is -2.37. The van der Waals surface area contributed by atoms with Crippen LogP contribution in [-0.2, 0) is 13.1 Å². The van der Waals surface area contributed by atoms with Crippen molar-refractivity contribution in [1.29, 1.82) is 0 Å². The fourth-order valence-corrected chi connectivity index (χ4v) is 2.40. The molecule has 0 unspecified atom stereocenters. The van der Waals surface area contributed by atoms with E-state index >= 15 is 0 Å². The predicted molar refractivity (Wildman–Crippen MR) is 111 cm³/mol. The number of imidazole rings is 1. The van der Waals surface area contributed by atoms with Crippen molar-refractivity contribution < 1.29 is 0 Å². The number of hydrogen-bond acceptors (Lipinski definition) is 2. The van der Waals surface area contributed by atoms with Crippen molar-refractivity contribution in [3.8, 4) is 0 Å². The van der Waals surface area contributed by atoms with E-state index < -0.39 is 0 Å². The average molecular weight is 441 g/mol. The Bertz CT molecular complexity index is 636. The minimum atomic E-state index is 0. The molecule has 1 aromatic carbocycles. The zero-order chi connectivity index (χ0) is 16.5. The van der Waals surface area contributed by atoms with Gasteiger partial charge in [-0.25, -0.2) is 4.98 Å². The number of nitrogens with one attached hydrogen (secondary N) is 2. The molecule has 1 heterocycles.